The molecule has 0 heterocycles. The Balaban J connectivity index is 0.0000102. The van der Waals surface area contributed by atoms with Gasteiger partial charge >= 0.3 is 6.09 Å². The van der Waals surface area contributed by atoms with Crippen LogP contribution in [0.25, 0.3) is 0 Å². The van der Waals surface area contributed by atoms with E-state index in [9.17, 15) is 9.59 Å². The van der Waals surface area contributed by atoms with Crippen molar-refractivity contribution in [3.8, 4) is 0 Å². The van der Waals surface area contributed by atoms with Crippen molar-refractivity contribution in [3.05, 3.63) is 35.4 Å². The van der Waals surface area contributed by atoms with Gasteiger partial charge in [-0.1, -0.05) is 19.1 Å². The quantitative estimate of drug-likeness (QED) is 0.201. The molecular formula is C24H42IN5O3. The number of nitrogens with zero attached hydrogens (tertiary/aromatic N) is 1. The van der Waals surface area contributed by atoms with Gasteiger partial charge in [0, 0.05) is 24.7 Å². The maximum Gasteiger partial charge on any atom is 0.408 e. The molecular weight excluding hydrogens is 533 g/mol. The highest BCUT2D eigenvalue weighted by Crippen LogP contribution is 2.10. The molecule has 0 saturated heterocycles. The summed E-state index contributed by atoms with van der Waals surface area (Å²) in [7, 11) is 0. The Labute approximate surface area is 216 Å². The van der Waals surface area contributed by atoms with Crippen molar-refractivity contribution in [1.29, 1.82) is 0 Å². The van der Waals surface area contributed by atoms with Crippen molar-refractivity contribution in [1.82, 2.24) is 21.3 Å². The topological polar surface area (TPSA) is 104 Å². The minimum atomic E-state index is -0.552. The third kappa shape index (κ3) is 13.3. The van der Waals surface area contributed by atoms with Gasteiger partial charge in [-0.25, -0.2) is 9.79 Å². The Morgan fingerprint density at radius 2 is 1.76 bits per heavy atom. The molecule has 1 rings (SSSR count). The fourth-order valence-corrected chi connectivity index (χ4v) is 2.66. The minimum absolute atomic E-state index is 0. The predicted molar refractivity (Wildman–Crippen MR) is 145 cm³/mol. The zero-order chi connectivity index (χ0) is 24.4. The molecule has 1 aromatic carbocycles. The number of halogens is 1. The van der Waals surface area contributed by atoms with E-state index in [-0.39, 0.29) is 35.9 Å². The van der Waals surface area contributed by atoms with E-state index in [1.165, 1.54) is 0 Å². The smallest absolute Gasteiger partial charge is 0.408 e. The van der Waals surface area contributed by atoms with E-state index < -0.39 is 17.2 Å². The lowest BCUT2D eigenvalue weighted by atomic mass is 10.1. The van der Waals surface area contributed by atoms with Crippen molar-refractivity contribution in [2.75, 3.05) is 13.1 Å². The zero-order valence-corrected chi connectivity index (χ0v) is 23.6. The maximum absolute atomic E-state index is 12.4. The fourth-order valence-electron chi connectivity index (χ4n) is 2.66. The van der Waals surface area contributed by atoms with Crippen LogP contribution in [0.2, 0.25) is 0 Å². The van der Waals surface area contributed by atoms with Crippen molar-refractivity contribution in [2.24, 2.45) is 4.99 Å². The third-order valence-corrected chi connectivity index (χ3v) is 4.48. The molecule has 0 radical (unpaired) electrons. The lowest BCUT2D eigenvalue weighted by Gasteiger charge is -2.29. The average molecular weight is 576 g/mol. The molecule has 0 spiro atoms. The van der Waals surface area contributed by atoms with E-state index in [0.717, 1.165) is 12.0 Å². The van der Waals surface area contributed by atoms with E-state index in [0.29, 0.717) is 31.2 Å². The number of hydrogen-bond donors (Lipinski definition) is 4. The highest BCUT2D eigenvalue weighted by Gasteiger charge is 2.24. The lowest BCUT2D eigenvalue weighted by molar-refractivity contribution is 0.0473. The number of ether oxygens (including phenoxy) is 1. The second-order valence-electron chi connectivity index (χ2n) is 9.54. The first kappa shape index (κ1) is 31.0. The van der Waals surface area contributed by atoms with E-state index in [1.54, 1.807) is 6.07 Å². The molecule has 33 heavy (non-hydrogen) atoms. The molecule has 0 saturated carbocycles. The molecule has 1 aromatic rings. The standard InChI is InChI=1S/C24H41N5O3.HI/c1-9-17(3)28-20(30)19-13-11-12-18(14-19)15-26-21(25-10-2)27-16-24(7,8)29-22(31)32-23(4,5)6;/h11-14,17H,9-10,15-16H2,1-8H3,(H,28,30)(H,29,31)(H2,25,26,27);1H. The highest BCUT2D eigenvalue weighted by molar-refractivity contribution is 14.0. The Morgan fingerprint density at radius 1 is 1.09 bits per heavy atom. The molecule has 9 heteroatoms. The van der Waals surface area contributed by atoms with Gasteiger partial charge in [-0.2, -0.15) is 0 Å². The second kappa shape index (κ2) is 14.3. The Kier molecular flexibility index (Phi) is 13.4. The number of benzene rings is 1. The summed E-state index contributed by atoms with van der Waals surface area (Å²) in [5, 5.41) is 12.3. The lowest BCUT2D eigenvalue weighted by Crippen LogP contribution is -2.54. The Morgan fingerprint density at radius 3 is 2.33 bits per heavy atom. The first-order chi connectivity index (χ1) is 14.8. The van der Waals surface area contributed by atoms with Gasteiger partial charge in [0.2, 0.25) is 0 Å². The van der Waals surface area contributed by atoms with Crippen molar-refractivity contribution in [3.63, 3.8) is 0 Å². The van der Waals surface area contributed by atoms with Gasteiger partial charge in [0.05, 0.1) is 12.1 Å². The number of carbonyl (C=O) groups excluding carboxylic acids is 2. The van der Waals surface area contributed by atoms with Crippen LogP contribution in [-0.2, 0) is 11.3 Å². The summed E-state index contributed by atoms with van der Waals surface area (Å²) in [4.78, 5) is 29.1. The first-order valence-electron chi connectivity index (χ1n) is 11.3. The van der Waals surface area contributed by atoms with Crippen LogP contribution in [0, 0.1) is 0 Å². The normalized spacial score (nSPS) is 12.8. The summed E-state index contributed by atoms with van der Waals surface area (Å²) in [5.41, 5.74) is 0.458. The van der Waals surface area contributed by atoms with Gasteiger partial charge < -0.3 is 26.0 Å². The number of alkyl carbamates (subject to hydrolysis) is 1. The van der Waals surface area contributed by atoms with Gasteiger partial charge in [-0.15, -0.1) is 24.0 Å². The van der Waals surface area contributed by atoms with Crippen molar-refractivity contribution < 1.29 is 14.3 Å². The number of aliphatic imine (C=N–C) groups is 1. The van der Waals surface area contributed by atoms with Crippen LogP contribution in [-0.4, -0.2) is 48.2 Å². The molecule has 0 fully saturated rings. The van der Waals surface area contributed by atoms with Crippen LogP contribution in [0.3, 0.4) is 0 Å². The van der Waals surface area contributed by atoms with E-state index in [1.807, 2.05) is 73.6 Å². The van der Waals surface area contributed by atoms with Crippen LogP contribution >= 0.6 is 24.0 Å². The van der Waals surface area contributed by atoms with Gasteiger partial charge in [0.1, 0.15) is 5.60 Å². The molecule has 0 aromatic heterocycles. The summed E-state index contributed by atoms with van der Waals surface area (Å²) in [5.74, 6) is 0.547. The molecule has 188 valence electrons. The van der Waals surface area contributed by atoms with Crippen LogP contribution < -0.4 is 21.3 Å². The molecule has 0 aliphatic heterocycles. The highest BCUT2D eigenvalue weighted by atomic mass is 127. The number of amides is 2. The van der Waals surface area contributed by atoms with E-state index in [2.05, 4.69) is 26.3 Å². The number of rotatable bonds is 9. The van der Waals surface area contributed by atoms with Crippen LogP contribution in [0.4, 0.5) is 4.79 Å². The predicted octanol–water partition coefficient (Wildman–Crippen LogP) is 4.19. The Hall–Kier alpha value is -2.04. The number of nitrogens with one attached hydrogen (secondary N) is 4. The average Bonchev–Trinajstić information content (AvgIpc) is 2.68. The molecule has 8 nitrogen and oxygen atoms in total. The SMILES string of the molecule is CCNC(=NCc1cccc(C(=O)NC(C)CC)c1)NCC(C)(C)NC(=O)OC(C)(C)C.I. The molecule has 0 bridgehead atoms. The third-order valence-electron chi connectivity index (χ3n) is 4.48. The van der Waals surface area contributed by atoms with Crippen LogP contribution in [0.15, 0.2) is 29.3 Å². The van der Waals surface area contributed by atoms with Crippen molar-refractivity contribution >= 4 is 41.9 Å². The van der Waals surface area contributed by atoms with Gasteiger partial charge in [0.25, 0.3) is 5.91 Å². The Bertz CT molecular complexity index is 791. The minimum Gasteiger partial charge on any atom is -0.444 e. The summed E-state index contributed by atoms with van der Waals surface area (Å²) < 4.78 is 5.34. The summed E-state index contributed by atoms with van der Waals surface area (Å²) in [6, 6.07) is 7.61. The van der Waals surface area contributed by atoms with Gasteiger partial charge in [0.15, 0.2) is 5.96 Å². The van der Waals surface area contributed by atoms with Gasteiger partial charge in [-0.3, -0.25) is 4.79 Å². The zero-order valence-electron chi connectivity index (χ0n) is 21.3. The number of guanidine groups is 1. The van der Waals surface area contributed by atoms with Crippen LogP contribution in [0.5, 0.6) is 0 Å². The largest absolute Gasteiger partial charge is 0.444 e. The monoisotopic (exact) mass is 575 g/mol. The first-order valence-corrected chi connectivity index (χ1v) is 11.3. The van der Waals surface area contributed by atoms with E-state index in [4.69, 9.17) is 4.74 Å². The van der Waals surface area contributed by atoms with Gasteiger partial charge in [-0.05, 0) is 72.6 Å². The van der Waals surface area contributed by atoms with E-state index >= 15 is 0 Å². The molecule has 1 atom stereocenters. The fraction of sp³-hybridized carbons (Fsp3) is 0.625. The molecule has 4 N–H and O–H groups in total. The molecule has 0 aliphatic rings. The number of hydrogen-bond acceptors (Lipinski definition) is 4. The van der Waals surface area contributed by atoms with Crippen LogP contribution in [0.1, 0.15) is 77.7 Å². The molecule has 1 unspecified atom stereocenters. The summed E-state index contributed by atoms with van der Waals surface area (Å²) in [6.45, 7) is 16.9. The van der Waals surface area contributed by atoms with Crippen molar-refractivity contribution in [2.45, 2.75) is 85.5 Å². The second-order valence-corrected chi connectivity index (χ2v) is 9.54. The molecule has 0 aliphatic carbocycles. The summed E-state index contributed by atoms with van der Waals surface area (Å²) >= 11 is 0. The molecule has 2 amide bonds. The summed E-state index contributed by atoms with van der Waals surface area (Å²) in [6.07, 6.45) is 0.422. The maximum atomic E-state index is 12.4. The number of carbonyl (C=O) groups is 2.